The fraction of sp³-hybridized carbons (Fsp3) is 0.190. The van der Waals surface area contributed by atoms with Crippen LogP contribution in [-0.2, 0) is 20.9 Å². The van der Waals surface area contributed by atoms with Gasteiger partial charge in [-0.2, -0.15) is 0 Å². The minimum Gasteiger partial charge on any atom is -0.481 e. The Balaban J connectivity index is 1.84. The van der Waals surface area contributed by atoms with Crippen LogP contribution in [0.5, 0.6) is 5.75 Å². The lowest BCUT2D eigenvalue weighted by molar-refractivity contribution is -0.142. The quantitative estimate of drug-likeness (QED) is 0.450. The molecule has 1 aliphatic heterocycles. The second kappa shape index (κ2) is 9.28. The van der Waals surface area contributed by atoms with Gasteiger partial charge in [-0.3, -0.25) is 14.5 Å². The van der Waals surface area contributed by atoms with E-state index in [9.17, 15) is 14.4 Å². The first-order chi connectivity index (χ1) is 13.9. The van der Waals surface area contributed by atoms with E-state index in [0.717, 1.165) is 27.4 Å². The van der Waals surface area contributed by atoms with E-state index < -0.39 is 5.97 Å². The first kappa shape index (κ1) is 21.1. The molecule has 29 heavy (non-hydrogen) atoms. The lowest BCUT2D eigenvalue weighted by Crippen LogP contribution is -2.27. The number of benzene rings is 2. The number of nitrogens with zero attached hydrogens (tertiary/aromatic N) is 1. The van der Waals surface area contributed by atoms with Gasteiger partial charge in [0.1, 0.15) is 5.75 Å². The van der Waals surface area contributed by atoms with Crippen molar-refractivity contribution in [3.05, 3.63) is 68.5 Å². The van der Waals surface area contributed by atoms with Gasteiger partial charge in [0, 0.05) is 10.0 Å². The predicted molar refractivity (Wildman–Crippen MR) is 114 cm³/mol. The Hall–Kier alpha value is -2.58. The molecule has 2 aromatic carbocycles. The van der Waals surface area contributed by atoms with Gasteiger partial charge >= 0.3 is 5.97 Å². The SMILES string of the molecule is COC(=O)COc1ccc(Br)cc1/C=C1\SC(=O)N(Cc2ccccc2C)C1=O. The van der Waals surface area contributed by atoms with Gasteiger partial charge in [0.15, 0.2) is 6.61 Å². The zero-order valence-electron chi connectivity index (χ0n) is 15.8. The van der Waals surface area contributed by atoms with Gasteiger partial charge < -0.3 is 9.47 Å². The Labute approximate surface area is 181 Å². The van der Waals surface area contributed by atoms with Crippen LogP contribution in [0.2, 0.25) is 0 Å². The second-order valence-corrected chi connectivity index (χ2v) is 8.15. The summed E-state index contributed by atoms with van der Waals surface area (Å²) < 4.78 is 10.9. The number of carbonyl (C=O) groups is 3. The number of thioether (sulfide) groups is 1. The minimum absolute atomic E-state index is 0.221. The van der Waals surface area contributed by atoms with E-state index >= 15 is 0 Å². The third-order valence-corrected chi connectivity index (χ3v) is 5.70. The molecule has 0 saturated carbocycles. The Kier molecular flexibility index (Phi) is 6.76. The van der Waals surface area contributed by atoms with Gasteiger partial charge in [-0.1, -0.05) is 40.2 Å². The van der Waals surface area contributed by atoms with E-state index in [-0.39, 0.29) is 24.3 Å². The molecule has 1 fully saturated rings. The van der Waals surface area contributed by atoms with Crippen LogP contribution in [0.4, 0.5) is 4.79 Å². The van der Waals surface area contributed by atoms with Crippen molar-refractivity contribution < 1.29 is 23.9 Å². The van der Waals surface area contributed by atoms with Crippen LogP contribution in [0, 0.1) is 6.92 Å². The van der Waals surface area contributed by atoms with E-state index in [1.165, 1.54) is 12.0 Å². The van der Waals surface area contributed by atoms with Crippen molar-refractivity contribution in [1.82, 2.24) is 4.90 Å². The van der Waals surface area contributed by atoms with Gasteiger partial charge in [0.2, 0.25) is 0 Å². The van der Waals surface area contributed by atoms with Crippen LogP contribution in [0.3, 0.4) is 0 Å². The summed E-state index contributed by atoms with van der Waals surface area (Å²) in [6.45, 7) is 1.91. The van der Waals surface area contributed by atoms with Gasteiger partial charge in [-0.05, 0) is 54.1 Å². The molecule has 0 unspecified atom stereocenters. The van der Waals surface area contributed by atoms with Crippen LogP contribution in [-0.4, -0.2) is 35.7 Å². The van der Waals surface area contributed by atoms with Crippen molar-refractivity contribution >= 4 is 50.9 Å². The fourth-order valence-electron chi connectivity index (χ4n) is 2.69. The molecule has 3 rings (SSSR count). The molecular formula is C21H18BrNO5S. The second-order valence-electron chi connectivity index (χ2n) is 6.24. The van der Waals surface area contributed by atoms with E-state index in [1.807, 2.05) is 31.2 Å². The molecular weight excluding hydrogens is 458 g/mol. The van der Waals surface area contributed by atoms with Crippen molar-refractivity contribution in [2.24, 2.45) is 0 Å². The summed E-state index contributed by atoms with van der Waals surface area (Å²) in [4.78, 5) is 38.2. The first-order valence-electron chi connectivity index (χ1n) is 8.68. The average molecular weight is 476 g/mol. The Bertz CT molecular complexity index is 1000. The van der Waals surface area contributed by atoms with Crippen LogP contribution in [0.15, 0.2) is 51.8 Å². The zero-order chi connectivity index (χ0) is 21.0. The van der Waals surface area contributed by atoms with E-state index in [2.05, 4.69) is 20.7 Å². The number of methoxy groups -OCH3 is 1. The van der Waals surface area contributed by atoms with Crippen LogP contribution >= 0.6 is 27.7 Å². The maximum Gasteiger partial charge on any atom is 0.343 e. The lowest BCUT2D eigenvalue weighted by atomic mass is 10.1. The van der Waals surface area contributed by atoms with Crippen molar-refractivity contribution in [2.75, 3.05) is 13.7 Å². The largest absolute Gasteiger partial charge is 0.481 e. The summed E-state index contributed by atoms with van der Waals surface area (Å²) in [5, 5.41) is -0.323. The van der Waals surface area contributed by atoms with Gasteiger partial charge in [-0.25, -0.2) is 4.79 Å². The standard InChI is InChI=1S/C21H18BrNO5S/c1-13-5-3-4-6-14(13)11-23-20(25)18(29-21(23)26)10-15-9-16(22)7-8-17(15)28-12-19(24)27-2/h3-10H,11-12H2,1-2H3/b18-10-. The zero-order valence-corrected chi connectivity index (χ0v) is 18.2. The number of hydrogen-bond donors (Lipinski definition) is 0. The first-order valence-corrected chi connectivity index (χ1v) is 10.3. The number of aryl methyl sites for hydroxylation is 1. The molecule has 1 aliphatic rings. The minimum atomic E-state index is -0.516. The number of imide groups is 1. The summed E-state index contributed by atoms with van der Waals surface area (Å²) in [7, 11) is 1.28. The molecule has 0 bridgehead atoms. The smallest absolute Gasteiger partial charge is 0.343 e. The van der Waals surface area contributed by atoms with Crippen molar-refractivity contribution in [1.29, 1.82) is 0 Å². The van der Waals surface area contributed by atoms with Crippen molar-refractivity contribution in [2.45, 2.75) is 13.5 Å². The highest BCUT2D eigenvalue weighted by molar-refractivity contribution is 9.10. The monoisotopic (exact) mass is 475 g/mol. The molecule has 2 aromatic rings. The molecule has 6 nitrogen and oxygen atoms in total. The van der Waals surface area contributed by atoms with Crippen LogP contribution in [0.25, 0.3) is 6.08 Å². The van der Waals surface area contributed by atoms with Gasteiger partial charge in [0.05, 0.1) is 18.6 Å². The maximum absolute atomic E-state index is 12.8. The Morgan fingerprint density at radius 2 is 1.97 bits per heavy atom. The van der Waals surface area contributed by atoms with Crippen LogP contribution in [0.1, 0.15) is 16.7 Å². The van der Waals surface area contributed by atoms with E-state index in [1.54, 1.807) is 24.3 Å². The number of carbonyl (C=O) groups excluding carboxylic acids is 3. The summed E-state index contributed by atoms with van der Waals surface area (Å²) in [5.41, 5.74) is 2.51. The van der Waals surface area contributed by atoms with Crippen molar-refractivity contribution in [3.63, 3.8) is 0 Å². The number of hydrogen-bond acceptors (Lipinski definition) is 6. The summed E-state index contributed by atoms with van der Waals surface area (Å²) in [5.74, 6) is -0.469. The van der Waals surface area contributed by atoms with Gasteiger partial charge in [0.25, 0.3) is 11.1 Å². The van der Waals surface area contributed by atoms with E-state index in [4.69, 9.17) is 4.74 Å². The molecule has 0 aliphatic carbocycles. The maximum atomic E-state index is 12.8. The average Bonchev–Trinajstić information content (AvgIpc) is 2.96. The molecule has 0 atom stereocenters. The molecule has 0 aromatic heterocycles. The fourth-order valence-corrected chi connectivity index (χ4v) is 3.90. The highest BCUT2D eigenvalue weighted by Crippen LogP contribution is 2.35. The summed E-state index contributed by atoms with van der Waals surface area (Å²) in [6.07, 6.45) is 1.60. The number of halogens is 1. The predicted octanol–water partition coefficient (Wildman–Crippen LogP) is 4.55. The number of ether oxygens (including phenoxy) is 2. The topological polar surface area (TPSA) is 72.9 Å². The summed E-state index contributed by atoms with van der Waals surface area (Å²) >= 11 is 4.27. The van der Waals surface area contributed by atoms with Gasteiger partial charge in [-0.15, -0.1) is 0 Å². The highest BCUT2D eigenvalue weighted by atomic mass is 79.9. The molecule has 0 radical (unpaired) electrons. The third-order valence-electron chi connectivity index (χ3n) is 4.29. The number of esters is 1. The molecule has 150 valence electrons. The number of rotatable bonds is 6. The van der Waals surface area contributed by atoms with E-state index in [0.29, 0.717) is 16.2 Å². The molecule has 2 amide bonds. The lowest BCUT2D eigenvalue weighted by Gasteiger charge is -2.14. The molecule has 0 N–H and O–H groups in total. The highest BCUT2D eigenvalue weighted by Gasteiger charge is 2.35. The number of amides is 2. The molecule has 8 heteroatoms. The van der Waals surface area contributed by atoms with Crippen LogP contribution < -0.4 is 4.74 Å². The Morgan fingerprint density at radius 3 is 2.69 bits per heavy atom. The normalized spacial score (nSPS) is 15.1. The molecule has 1 saturated heterocycles. The Morgan fingerprint density at radius 1 is 1.21 bits per heavy atom. The summed E-state index contributed by atoms with van der Waals surface area (Å²) in [6, 6.07) is 12.8. The van der Waals surface area contributed by atoms with Crippen molar-refractivity contribution in [3.8, 4) is 5.75 Å². The molecule has 0 spiro atoms. The molecule has 1 heterocycles. The third kappa shape index (κ3) is 5.07.